The molecular formula is C14H23ClFNO2. The van der Waals surface area contributed by atoms with Gasteiger partial charge in [0.1, 0.15) is 11.6 Å². The van der Waals surface area contributed by atoms with E-state index in [0.717, 1.165) is 6.42 Å². The number of halogens is 2. The molecule has 5 heteroatoms. The van der Waals surface area contributed by atoms with Crippen LogP contribution in [0.5, 0.6) is 5.75 Å². The van der Waals surface area contributed by atoms with Crippen molar-refractivity contribution >= 4 is 12.4 Å². The summed E-state index contributed by atoms with van der Waals surface area (Å²) >= 11 is 0. The summed E-state index contributed by atoms with van der Waals surface area (Å²) in [7, 11) is 1.50. The van der Waals surface area contributed by atoms with Crippen molar-refractivity contribution in [3.63, 3.8) is 0 Å². The van der Waals surface area contributed by atoms with Crippen LogP contribution >= 0.6 is 12.4 Å². The molecule has 1 rings (SSSR count). The van der Waals surface area contributed by atoms with E-state index in [4.69, 9.17) is 10.5 Å². The van der Waals surface area contributed by atoms with E-state index in [2.05, 4.69) is 13.8 Å². The van der Waals surface area contributed by atoms with E-state index >= 15 is 0 Å². The van der Waals surface area contributed by atoms with Crippen LogP contribution in [0.25, 0.3) is 0 Å². The minimum Gasteiger partial charge on any atom is -0.496 e. The van der Waals surface area contributed by atoms with Crippen molar-refractivity contribution in [3.8, 4) is 5.75 Å². The molecule has 0 bridgehead atoms. The van der Waals surface area contributed by atoms with Crippen LogP contribution in [-0.4, -0.2) is 18.3 Å². The molecule has 0 aromatic heterocycles. The van der Waals surface area contributed by atoms with Gasteiger partial charge in [-0.25, -0.2) is 4.39 Å². The van der Waals surface area contributed by atoms with Crippen molar-refractivity contribution < 1.29 is 14.2 Å². The molecule has 0 radical (unpaired) electrons. The third kappa shape index (κ3) is 5.35. The Morgan fingerprint density at radius 2 is 1.95 bits per heavy atom. The summed E-state index contributed by atoms with van der Waals surface area (Å²) in [6, 6.07) is 3.53. The fourth-order valence-corrected chi connectivity index (χ4v) is 1.86. The summed E-state index contributed by atoms with van der Waals surface area (Å²) in [5, 5.41) is 10.0. The van der Waals surface area contributed by atoms with Gasteiger partial charge in [-0.1, -0.05) is 13.8 Å². The lowest BCUT2D eigenvalue weighted by molar-refractivity contribution is 0.127. The first-order valence-corrected chi connectivity index (χ1v) is 6.22. The normalized spacial score (nSPS) is 13.8. The molecule has 0 aliphatic heterocycles. The summed E-state index contributed by atoms with van der Waals surface area (Å²) in [4.78, 5) is 0. The molecule has 0 saturated carbocycles. The lowest BCUT2D eigenvalue weighted by atomic mass is 9.95. The number of benzene rings is 1. The Kier molecular flexibility index (Phi) is 7.99. The van der Waals surface area contributed by atoms with Gasteiger partial charge in [-0.15, -0.1) is 12.4 Å². The summed E-state index contributed by atoms with van der Waals surface area (Å²) in [5.41, 5.74) is 6.48. The second-order valence-electron chi connectivity index (χ2n) is 4.95. The van der Waals surface area contributed by atoms with Gasteiger partial charge in [0, 0.05) is 5.56 Å². The Morgan fingerprint density at radius 3 is 2.47 bits per heavy atom. The van der Waals surface area contributed by atoms with Crippen LogP contribution < -0.4 is 10.5 Å². The summed E-state index contributed by atoms with van der Waals surface area (Å²) in [6.45, 7) is 4.17. The van der Waals surface area contributed by atoms with Crippen molar-refractivity contribution in [1.82, 2.24) is 0 Å². The highest BCUT2D eigenvalue weighted by molar-refractivity contribution is 5.85. The number of hydrogen-bond donors (Lipinski definition) is 2. The van der Waals surface area contributed by atoms with E-state index in [1.165, 1.54) is 25.3 Å². The fourth-order valence-electron chi connectivity index (χ4n) is 1.86. The van der Waals surface area contributed by atoms with Crippen molar-refractivity contribution in [1.29, 1.82) is 0 Å². The molecule has 19 heavy (non-hydrogen) atoms. The van der Waals surface area contributed by atoms with Gasteiger partial charge in [-0.05, 0) is 37.0 Å². The predicted octanol–water partition coefficient (Wildman–Crippen LogP) is 3.05. The summed E-state index contributed by atoms with van der Waals surface area (Å²) in [6.07, 6.45) is 0.786. The van der Waals surface area contributed by atoms with Crippen molar-refractivity contribution in [2.24, 2.45) is 11.7 Å². The average Bonchev–Trinajstić information content (AvgIpc) is 2.34. The van der Waals surface area contributed by atoms with Crippen LogP contribution in [0.1, 0.15) is 38.3 Å². The lowest BCUT2D eigenvalue weighted by Crippen LogP contribution is -2.27. The van der Waals surface area contributed by atoms with Crippen LogP contribution in [-0.2, 0) is 0 Å². The van der Waals surface area contributed by atoms with Gasteiger partial charge in [0.15, 0.2) is 0 Å². The third-order valence-corrected chi connectivity index (χ3v) is 3.01. The van der Waals surface area contributed by atoms with Crippen LogP contribution in [0.15, 0.2) is 18.2 Å². The monoisotopic (exact) mass is 291 g/mol. The first kappa shape index (κ1) is 18.2. The maximum atomic E-state index is 13.2. The molecule has 0 aliphatic rings. The van der Waals surface area contributed by atoms with E-state index in [1.807, 2.05) is 0 Å². The first-order chi connectivity index (χ1) is 8.45. The summed E-state index contributed by atoms with van der Waals surface area (Å²) < 4.78 is 18.4. The van der Waals surface area contributed by atoms with Gasteiger partial charge in [0.05, 0.1) is 19.3 Å². The third-order valence-electron chi connectivity index (χ3n) is 3.01. The molecule has 1 aromatic carbocycles. The molecule has 0 spiro atoms. The Balaban J connectivity index is 0.00000324. The molecule has 0 fully saturated rings. The van der Waals surface area contributed by atoms with Gasteiger partial charge in [0.2, 0.25) is 0 Å². The van der Waals surface area contributed by atoms with Crippen LogP contribution in [0.2, 0.25) is 0 Å². The van der Waals surface area contributed by atoms with Crippen LogP contribution in [0.4, 0.5) is 4.39 Å². The number of hydrogen-bond acceptors (Lipinski definition) is 3. The van der Waals surface area contributed by atoms with Gasteiger partial charge in [-0.2, -0.15) is 0 Å². The van der Waals surface area contributed by atoms with Gasteiger partial charge in [0.25, 0.3) is 0 Å². The zero-order valence-electron chi connectivity index (χ0n) is 11.6. The zero-order valence-corrected chi connectivity index (χ0v) is 12.4. The lowest BCUT2D eigenvalue weighted by Gasteiger charge is -2.22. The molecule has 0 saturated heterocycles. The molecule has 0 aliphatic carbocycles. The second kappa shape index (κ2) is 8.35. The Hall–Kier alpha value is -0.840. The quantitative estimate of drug-likeness (QED) is 0.847. The van der Waals surface area contributed by atoms with E-state index < -0.39 is 12.1 Å². The largest absolute Gasteiger partial charge is 0.496 e. The number of rotatable bonds is 6. The maximum absolute atomic E-state index is 13.2. The minimum atomic E-state index is -0.692. The molecule has 3 N–H and O–H groups in total. The van der Waals surface area contributed by atoms with Gasteiger partial charge >= 0.3 is 0 Å². The Morgan fingerprint density at radius 1 is 1.32 bits per heavy atom. The number of ether oxygens (including phenoxy) is 1. The molecule has 2 atom stereocenters. The van der Waals surface area contributed by atoms with Gasteiger partial charge < -0.3 is 15.6 Å². The molecular weight excluding hydrogens is 269 g/mol. The highest BCUT2D eigenvalue weighted by atomic mass is 35.5. The van der Waals surface area contributed by atoms with E-state index in [-0.39, 0.29) is 18.2 Å². The molecule has 0 heterocycles. The van der Waals surface area contributed by atoms with Gasteiger partial charge in [-0.3, -0.25) is 0 Å². The predicted molar refractivity (Wildman–Crippen MR) is 77.2 cm³/mol. The summed E-state index contributed by atoms with van der Waals surface area (Å²) in [5.74, 6) is 0.631. The molecule has 3 nitrogen and oxygen atoms in total. The SMILES string of the molecule is COc1ccc(F)cc1[C@@H](N)[C@@H](O)CCC(C)C.Cl. The number of nitrogens with two attached hydrogens (primary N) is 1. The molecule has 0 amide bonds. The minimum absolute atomic E-state index is 0. The van der Waals surface area contributed by atoms with E-state index in [9.17, 15) is 9.50 Å². The smallest absolute Gasteiger partial charge is 0.123 e. The Labute approximate surface area is 120 Å². The van der Waals surface area contributed by atoms with Crippen molar-refractivity contribution in [3.05, 3.63) is 29.6 Å². The first-order valence-electron chi connectivity index (χ1n) is 6.22. The maximum Gasteiger partial charge on any atom is 0.123 e. The van der Waals surface area contributed by atoms with Crippen LogP contribution in [0.3, 0.4) is 0 Å². The van der Waals surface area contributed by atoms with Crippen molar-refractivity contribution in [2.75, 3.05) is 7.11 Å². The fraction of sp³-hybridized carbons (Fsp3) is 0.571. The Bertz CT molecular complexity index is 388. The average molecular weight is 292 g/mol. The highest BCUT2D eigenvalue weighted by Gasteiger charge is 2.21. The number of aliphatic hydroxyl groups is 1. The highest BCUT2D eigenvalue weighted by Crippen LogP contribution is 2.28. The zero-order chi connectivity index (χ0) is 13.7. The van der Waals surface area contributed by atoms with E-state index in [0.29, 0.717) is 23.7 Å². The second-order valence-corrected chi connectivity index (χ2v) is 4.95. The van der Waals surface area contributed by atoms with Crippen molar-refractivity contribution in [2.45, 2.75) is 38.8 Å². The van der Waals surface area contributed by atoms with Crippen LogP contribution in [0, 0.1) is 11.7 Å². The molecule has 1 aromatic rings. The van der Waals surface area contributed by atoms with E-state index in [1.54, 1.807) is 0 Å². The molecule has 110 valence electrons. The molecule has 0 unspecified atom stereocenters. The number of methoxy groups -OCH3 is 1. The standard InChI is InChI=1S/C14H22FNO2.ClH/c1-9(2)4-6-12(17)14(16)11-8-10(15)5-7-13(11)18-3;/h5,7-9,12,14,17H,4,6,16H2,1-3H3;1H/t12-,14+;/m0./s1. The topological polar surface area (TPSA) is 55.5 Å². The number of aliphatic hydroxyl groups excluding tert-OH is 1.